The summed E-state index contributed by atoms with van der Waals surface area (Å²) >= 11 is 3.24. The van der Waals surface area contributed by atoms with Gasteiger partial charge in [0.2, 0.25) is 0 Å². The summed E-state index contributed by atoms with van der Waals surface area (Å²) in [6, 6.07) is 6.85. The largest absolute Gasteiger partial charge is 0.385 e. The number of ketones is 1. The van der Waals surface area contributed by atoms with Gasteiger partial charge in [-0.05, 0) is 24.6 Å². The smallest absolute Gasteiger partial charge is 0.161 e. The first kappa shape index (κ1) is 11.4. The van der Waals surface area contributed by atoms with Crippen molar-refractivity contribution < 1.29 is 15.0 Å². The number of aliphatic hydroxyl groups is 2. The minimum atomic E-state index is -1.36. The molecule has 0 bridgehead atoms. The monoisotopic (exact) mass is 258 g/mol. The summed E-state index contributed by atoms with van der Waals surface area (Å²) in [5.74, 6) is -0.447. The van der Waals surface area contributed by atoms with Crippen LogP contribution in [-0.2, 0) is 4.79 Å². The number of aliphatic hydroxyl groups excluding tert-OH is 2. The van der Waals surface area contributed by atoms with E-state index in [1.165, 1.54) is 6.92 Å². The lowest BCUT2D eigenvalue weighted by atomic mass is 10.0. The number of hydrogen-bond donors (Lipinski definition) is 2. The number of benzene rings is 1. The molecule has 2 N–H and O–H groups in total. The van der Waals surface area contributed by atoms with Gasteiger partial charge in [0.1, 0.15) is 12.2 Å². The van der Waals surface area contributed by atoms with Gasteiger partial charge >= 0.3 is 0 Å². The number of Topliss-reactive ketones (excluding diaryl/α,β-unsaturated/α-hetero) is 1. The molecule has 0 radical (unpaired) electrons. The molecule has 0 aliphatic heterocycles. The van der Waals surface area contributed by atoms with Crippen molar-refractivity contribution in [1.29, 1.82) is 0 Å². The highest BCUT2D eigenvalue weighted by molar-refractivity contribution is 9.10. The molecule has 2 atom stereocenters. The van der Waals surface area contributed by atoms with Gasteiger partial charge in [0.15, 0.2) is 5.78 Å². The number of halogens is 1. The van der Waals surface area contributed by atoms with Gasteiger partial charge in [-0.3, -0.25) is 4.79 Å². The molecule has 1 aromatic carbocycles. The number of carbonyl (C=O) groups is 1. The van der Waals surface area contributed by atoms with Crippen molar-refractivity contribution in [3.05, 3.63) is 34.3 Å². The average molecular weight is 259 g/mol. The van der Waals surface area contributed by atoms with Crippen molar-refractivity contribution in [3.8, 4) is 0 Å². The van der Waals surface area contributed by atoms with Crippen LogP contribution in [0.1, 0.15) is 18.6 Å². The molecule has 1 rings (SSSR count). The maximum absolute atomic E-state index is 10.8. The Kier molecular flexibility index (Phi) is 3.80. The Morgan fingerprint density at radius 2 is 2.07 bits per heavy atom. The second-order valence-corrected chi connectivity index (χ2v) is 3.97. The molecule has 0 aliphatic carbocycles. The van der Waals surface area contributed by atoms with Crippen LogP contribution < -0.4 is 0 Å². The van der Waals surface area contributed by atoms with Crippen molar-refractivity contribution in [2.75, 3.05) is 0 Å². The van der Waals surface area contributed by atoms with Gasteiger partial charge in [-0.1, -0.05) is 28.1 Å². The molecule has 0 amide bonds. The van der Waals surface area contributed by atoms with E-state index in [0.717, 1.165) is 4.47 Å². The van der Waals surface area contributed by atoms with Crippen LogP contribution >= 0.6 is 15.9 Å². The first-order valence-electron chi connectivity index (χ1n) is 4.14. The van der Waals surface area contributed by atoms with E-state index in [2.05, 4.69) is 15.9 Å². The minimum absolute atomic E-state index is 0.447. The lowest BCUT2D eigenvalue weighted by molar-refractivity contribution is -0.130. The van der Waals surface area contributed by atoms with E-state index in [1.807, 2.05) is 0 Å². The zero-order valence-electron chi connectivity index (χ0n) is 7.64. The number of carbonyl (C=O) groups excluding carboxylic acids is 1. The average Bonchev–Trinajstić information content (AvgIpc) is 2.15. The van der Waals surface area contributed by atoms with Gasteiger partial charge in [-0.15, -0.1) is 0 Å². The molecular formula is C10H11BrO3. The molecule has 0 heterocycles. The molecule has 0 fully saturated rings. The summed E-state index contributed by atoms with van der Waals surface area (Å²) < 4.78 is 0.796. The third kappa shape index (κ3) is 2.64. The lowest BCUT2D eigenvalue weighted by Gasteiger charge is -2.15. The molecule has 0 spiro atoms. The second-order valence-electron chi connectivity index (χ2n) is 3.06. The quantitative estimate of drug-likeness (QED) is 0.863. The zero-order chi connectivity index (χ0) is 10.7. The Hall–Kier alpha value is -0.710. The van der Waals surface area contributed by atoms with E-state index in [9.17, 15) is 15.0 Å². The number of hydrogen-bond acceptors (Lipinski definition) is 3. The van der Waals surface area contributed by atoms with Crippen molar-refractivity contribution in [3.63, 3.8) is 0 Å². The molecule has 0 unspecified atom stereocenters. The fraction of sp³-hybridized carbons (Fsp3) is 0.300. The Morgan fingerprint density at radius 3 is 2.57 bits per heavy atom. The Morgan fingerprint density at radius 1 is 1.43 bits per heavy atom. The molecule has 3 nitrogen and oxygen atoms in total. The topological polar surface area (TPSA) is 57.5 Å². The van der Waals surface area contributed by atoms with Crippen molar-refractivity contribution in [2.45, 2.75) is 19.1 Å². The van der Waals surface area contributed by atoms with Crippen LogP contribution in [0, 0.1) is 0 Å². The van der Waals surface area contributed by atoms with Gasteiger partial charge in [-0.25, -0.2) is 0 Å². The summed E-state index contributed by atoms with van der Waals surface area (Å²) in [5.41, 5.74) is 0.516. The molecule has 14 heavy (non-hydrogen) atoms. The van der Waals surface area contributed by atoms with E-state index in [-0.39, 0.29) is 0 Å². The predicted molar refractivity (Wildman–Crippen MR) is 55.8 cm³/mol. The van der Waals surface area contributed by atoms with E-state index in [1.54, 1.807) is 24.3 Å². The normalized spacial score (nSPS) is 14.9. The maximum atomic E-state index is 10.8. The minimum Gasteiger partial charge on any atom is -0.385 e. The van der Waals surface area contributed by atoms with E-state index in [0.29, 0.717) is 5.56 Å². The fourth-order valence-electron chi connectivity index (χ4n) is 1.10. The standard InChI is InChI=1S/C10H11BrO3/c1-6(12)9(13)10(14)7-3-2-4-8(11)5-7/h2-5,9-10,13-14H,1H3/t9-,10-/m0/s1. The van der Waals surface area contributed by atoms with Crippen LogP contribution in [0.25, 0.3) is 0 Å². The molecule has 1 aromatic rings. The Labute approximate surface area is 90.5 Å². The number of rotatable bonds is 3. The van der Waals surface area contributed by atoms with Crippen molar-refractivity contribution in [1.82, 2.24) is 0 Å². The summed E-state index contributed by atoms with van der Waals surface area (Å²) in [6.45, 7) is 1.24. The molecule has 0 saturated carbocycles. The molecule has 0 saturated heterocycles. The lowest BCUT2D eigenvalue weighted by Crippen LogP contribution is -2.25. The maximum Gasteiger partial charge on any atom is 0.161 e. The zero-order valence-corrected chi connectivity index (χ0v) is 9.23. The Bertz CT molecular complexity index is 338. The third-order valence-corrected chi connectivity index (χ3v) is 2.40. The third-order valence-electron chi connectivity index (χ3n) is 1.91. The SMILES string of the molecule is CC(=O)[C@H](O)[C@@H](O)c1cccc(Br)c1. The van der Waals surface area contributed by atoms with E-state index in [4.69, 9.17) is 0 Å². The summed E-state index contributed by atoms with van der Waals surface area (Å²) in [6.07, 6.45) is -2.52. The van der Waals surface area contributed by atoms with Crippen LogP contribution in [0.2, 0.25) is 0 Å². The van der Waals surface area contributed by atoms with Gasteiger partial charge in [0.05, 0.1) is 0 Å². The summed E-state index contributed by atoms with van der Waals surface area (Å²) in [7, 11) is 0. The molecule has 0 aromatic heterocycles. The highest BCUT2D eigenvalue weighted by Gasteiger charge is 2.22. The van der Waals surface area contributed by atoms with Crippen LogP contribution in [0.5, 0.6) is 0 Å². The van der Waals surface area contributed by atoms with Crippen molar-refractivity contribution >= 4 is 21.7 Å². The first-order chi connectivity index (χ1) is 6.52. The Balaban J connectivity index is 2.89. The highest BCUT2D eigenvalue weighted by Crippen LogP contribution is 2.21. The molecule has 4 heteroatoms. The highest BCUT2D eigenvalue weighted by atomic mass is 79.9. The van der Waals surface area contributed by atoms with Gasteiger partial charge < -0.3 is 10.2 Å². The van der Waals surface area contributed by atoms with Crippen molar-refractivity contribution in [2.24, 2.45) is 0 Å². The molecular weight excluding hydrogens is 248 g/mol. The van der Waals surface area contributed by atoms with Crippen LogP contribution in [0.15, 0.2) is 28.7 Å². The van der Waals surface area contributed by atoms with Crippen LogP contribution in [-0.4, -0.2) is 22.1 Å². The fourth-order valence-corrected chi connectivity index (χ4v) is 1.51. The predicted octanol–water partition coefficient (Wildman–Crippen LogP) is 1.43. The second kappa shape index (κ2) is 4.68. The van der Waals surface area contributed by atoms with E-state index < -0.39 is 18.0 Å². The van der Waals surface area contributed by atoms with Gasteiger partial charge in [-0.2, -0.15) is 0 Å². The summed E-state index contributed by atoms with van der Waals surface area (Å²) in [5, 5.41) is 18.9. The van der Waals surface area contributed by atoms with Crippen LogP contribution in [0.4, 0.5) is 0 Å². The van der Waals surface area contributed by atoms with Gasteiger partial charge in [0, 0.05) is 4.47 Å². The summed E-state index contributed by atoms with van der Waals surface area (Å²) in [4.78, 5) is 10.8. The molecule has 76 valence electrons. The van der Waals surface area contributed by atoms with Crippen LogP contribution in [0.3, 0.4) is 0 Å². The van der Waals surface area contributed by atoms with E-state index >= 15 is 0 Å². The van der Waals surface area contributed by atoms with Gasteiger partial charge in [0.25, 0.3) is 0 Å². The first-order valence-corrected chi connectivity index (χ1v) is 4.93. The molecule has 0 aliphatic rings.